The molecule has 0 unspecified atom stereocenters. The first-order chi connectivity index (χ1) is 21.3. The topological polar surface area (TPSA) is 42.4 Å². The largest absolute Gasteiger partial charge is 0.455 e. The average molecular weight is 553 g/mol. The molecular formula is C39H24N2O2. The molecule has 0 atom stereocenters. The van der Waals surface area contributed by atoms with Gasteiger partial charge in [0.05, 0.1) is 5.69 Å². The molecule has 0 N–H and O–H groups in total. The van der Waals surface area contributed by atoms with Gasteiger partial charge in [0.2, 0.25) is 5.89 Å². The van der Waals surface area contributed by atoms with E-state index in [1.807, 2.05) is 30.3 Å². The lowest BCUT2D eigenvalue weighted by molar-refractivity contribution is 0.619. The molecule has 7 aromatic carbocycles. The van der Waals surface area contributed by atoms with Crippen LogP contribution in [-0.4, -0.2) is 4.98 Å². The second-order valence-electron chi connectivity index (χ2n) is 10.8. The fourth-order valence-electron chi connectivity index (χ4n) is 6.22. The molecule has 0 spiro atoms. The van der Waals surface area contributed by atoms with Crippen LogP contribution in [0.4, 0.5) is 17.1 Å². The molecule has 0 aliphatic rings. The Hall–Kier alpha value is -5.87. The summed E-state index contributed by atoms with van der Waals surface area (Å²) in [7, 11) is 0. The van der Waals surface area contributed by atoms with Crippen molar-refractivity contribution in [2.24, 2.45) is 0 Å². The van der Waals surface area contributed by atoms with E-state index in [-0.39, 0.29) is 0 Å². The van der Waals surface area contributed by atoms with Gasteiger partial charge in [0.25, 0.3) is 0 Å². The smallest absolute Gasteiger partial charge is 0.227 e. The fraction of sp³-hybridized carbons (Fsp3) is 0. The Kier molecular flexibility index (Phi) is 5.16. The first-order valence-electron chi connectivity index (χ1n) is 14.4. The van der Waals surface area contributed by atoms with Gasteiger partial charge in [-0.2, -0.15) is 0 Å². The molecule has 202 valence electrons. The number of para-hydroxylation sites is 3. The Morgan fingerprint density at radius 2 is 1.23 bits per heavy atom. The molecule has 43 heavy (non-hydrogen) atoms. The first kappa shape index (κ1) is 23.8. The van der Waals surface area contributed by atoms with Gasteiger partial charge in [-0.1, -0.05) is 78.9 Å². The summed E-state index contributed by atoms with van der Waals surface area (Å²) in [4.78, 5) is 7.02. The maximum atomic E-state index is 6.63. The standard InChI is InChI=1S/C39H24N2O2/c1-2-11-28(12-3-1)41(35-15-8-10-25-9-4-5-13-30(25)35)29-20-17-26-18-22-32-31-21-19-27(23-37(31)42-38(32)33(26)24-29)39-40-34-14-6-7-16-36(34)43-39/h1-24H. The minimum atomic E-state index is 0.587. The lowest BCUT2D eigenvalue weighted by Gasteiger charge is -2.27. The van der Waals surface area contributed by atoms with Crippen molar-refractivity contribution >= 4 is 71.6 Å². The predicted molar refractivity (Wildman–Crippen MR) is 176 cm³/mol. The SMILES string of the molecule is c1ccc(N(c2ccc3ccc4c5ccc(-c6nc7ccccc7o6)cc5oc4c3c2)c2cccc3ccccc23)cc1. The summed E-state index contributed by atoms with van der Waals surface area (Å²) in [5.74, 6) is 0.587. The van der Waals surface area contributed by atoms with E-state index < -0.39 is 0 Å². The van der Waals surface area contributed by atoms with E-state index in [0.717, 1.165) is 66.4 Å². The van der Waals surface area contributed by atoms with E-state index in [0.29, 0.717) is 5.89 Å². The van der Waals surface area contributed by atoms with E-state index in [2.05, 4.69) is 125 Å². The van der Waals surface area contributed by atoms with Crippen molar-refractivity contribution < 1.29 is 8.83 Å². The zero-order valence-electron chi connectivity index (χ0n) is 23.1. The summed E-state index contributed by atoms with van der Waals surface area (Å²) in [5.41, 5.74) is 7.47. The van der Waals surface area contributed by atoms with Gasteiger partial charge in [-0.05, 0) is 77.5 Å². The molecule has 0 saturated heterocycles. The Balaban J connectivity index is 1.24. The summed E-state index contributed by atoms with van der Waals surface area (Å²) in [6.07, 6.45) is 0. The van der Waals surface area contributed by atoms with Crippen molar-refractivity contribution in [2.75, 3.05) is 4.90 Å². The number of hydrogen-bond acceptors (Lipinski definition) is 4. The fourth-order valence-corrected chi connectivity index (χ4v) is 6.22. The summed E-state index contributed by atoms with van der Waals surface area (Å²) < 4.78 is 12.7. The molecule has 0 saturated carbocycles. The quantitative estimate of drug-likeness (QED) is 0.218. The maximum Gasteiger partial charge on any atom is 0.227 e. The number of fused-ring (bicyclic) bond motifs is 7. The lowest BCUT2D eigenvalue weighted by atomic mass is 10.0. The molecule has 0 aliphatic heterocycles. The highest BCUT2D eigenvalue weighted by Crippen LogP contribution is 2.42. The number of aromatic nitrogens is 1. The van der Waals surface area contributed by atoms with Crippen LogP contribution in [0.3, 0.4) is 0 Å². The highest BCUT2D eigenvalue weighted by molar-refractivity contribution is 6.16. The molecule has 9 rings (SSSR count). The third kappa shape index (κ3) is 3.81. The van der Waals surface area contributed by atoms with Crippen LogP contribution >= 0.6 is 0 Å². The van der Waals surface area contributed by atoms with Crippen LogP contribution in [0.15, 0.2) is 154 Å². The van der Waals surface area contributed by atoms with Gasteiger partial charge >= 0.3 is 0 Å². The van der Waals surface area contributed by atoms with Gasteiger partial charge in [-0.3, -0.25) is 0 Å². The molecule has 4 nitrogen and oxygen atoms in total. The number of benzene rings is 7. The Bertz CT molecular complexity index is 2430. The summed E-state index contributed by atoms with van der Waals surface area (Å²) in [6.45, 7) is 0. The Labute approximate surface area is 247 Å². The highest BCUT2D eigenvalue weighted by Gasteiger charge is 2.18. The molecule has 0 fully saturated rings. The van der Waals surface area contributed by atoms with Gasteiger partial charge in [-0.25, -0.2) is 4.98 Å². The number of rotatable bonds is 4. The molecule has 0 radical (unpaired) electrons. The predicted octanol–water partition coefficient (Wildman–Crippen LogP) is 11.2. The van der Waals surface area contributed by atoms with E-state index in [4.69, 9.17) is 8.83 Å². The molecule has 2 heterocycles. The monoisotopic (exact) mass is 552 g/mol. The summed E-state index contributed by atoms with van der Waals surface area (Å²) >= 11 is 0. The van der Waals surface area contributed by atoms with E-state index in [1.54, 1.807) is 0 Å². The second-order valence-corrected chi connectivity index (χ2v) is 10.8. The third-order valence-electron chi connectivity index (χ3n) is 8.26. The number of hydrogen-bond donors (Lipinski definition) is 0. The van der Waals surface area contributed by atoms with Crippen LogP contribution in [0.25, 0.3) is 66.0 Å². The van der Waals surface area contributed by atoms with Crippen molar-refractivity contribution in [3.63, 3.8) is 0 Å². The molecule has 9 aromatic rings. The second kappa shape index (κ2) is 9.33. The van der Waals surface area contributed by atoms with Crippen LogP contribution < -0.4 is 4.90 Å². The lowest BCUT2D eigenvalue weighted by Crippen LogP contribution is -2.10. The minimum absolute atomic E-state index is 0.587. The first-order valence-corrected chi connectivity index (χ1v) is 14.4. The van der Waals surface area contributed by atoms with Gasteiger partial charge in [-0.15, -0.1) is 0 Å². The Morgan fingerprint density at radius 1 is 0.465 bits per heavy atom. The van der Waals surface area contributed by atoms with Gasteiger partial charge < -0.3 is 13.7 Å². The average Bonchev–Trinajstić information content (AvgIpc) is 3.67. The minimum Gasteiger partial charge on any atom is -0.455 e. The summed E-state index contributed by atoms with van der Waals surface area (Å²) in [5, 5.41) is 6.74. The van der Waals surface area contributed by atoms with Crippen molar-refractivity contribution in [2.45, 2.75) is 0 Å². The van der Waals surface area contributed by atoms with Gasteiger partial charge in [0.15, 0.2) is 5.58 Å². The van der Waals surface area contributed by atoms with Crippen molar-refractivity contribution in [1.29, 1.82) is 0 Å². The van der Waals surface area contributed by atoms with Crippen LogP contribution in [0, 0.1) is 0 Å². The zero-order chi connectivity index (χ0) is 28.3. The maximum absolute atomic E-state index is 6.63. The third-order valence-corrected chi connectivity index (χ3v) is 8.26. The van der Waals surface area contributed by atoms with Crippen LogP contribution in [-0.2, 0) is 0 Å². The zero-order valence-corrected chi connectivity index (χ0v) is 23.1. The molecular weight excluding hydrogens is 528 g/mol. The molecule has 0 bridgehead atoms. The van der Waals surface area contributed by atoms with Crippen LogP contribution in [0.5, 0.6) is 0 Å². The number of nitrogens with zero attached hydrogens (tertiary/aromatic N) is 2. The van der Waals surface area contributed by atoms with E-state index in [1.165, 1.54) is 10.8 Å². The van der Waals surface area contributed by atoms with Crippen molar-refractivity contribution in [3.8, 4) is 11.5 Å². The summed E-state index contributed by atoms with van der Waals surface area (Å²) in [6, 6.07) is 50.5. The van der Waals surface area contributed by atoms with E-state index >= 15 is 0 Å². The van der Waals surface area contributed by atoms with Gasteiger partial charge in [0.1, 0.15) is 16.7 Å². The molecule has 4 heteroatoms. The number of anilines is 3. The van der Waals surface area contributed by atoms with Crippen LogP contribution in [0.2, 0.25) is 0 Å². The number of furan rings is 1. The molecule has 0 aliphatic carbocycles. The van der Waals surface area contributed by atoms with Crippen molar-refractivity contribution in [3.05, 3.63) is 146 Å². The van der Waals surface area contributed by atoms with Crippen LogP contribution in [0.1, 0.15) is 0 Å². The molecule has 2 aromatic heterocycles. The van der Waals surface area contributed by atoms with Gasteiger partial charge in [0, 0.05) is 38.5 Å². The Morgan fingerprint density at radius 3 is 2.16 bits per heavy atom. The normalized spacial score (nSPS) is 11.7. The van der Waals surface area contributed by atoms with E-state index in [9.17, 15) is 0 Å². The number of oxazole rings is 1. The molecule has 0 amide bonds. The highest BCUT2D eigenvalue weighted by atomic mass is 16.3. The van der Waals surface area contributed by atoms with Crippen molar-refractivity contribution in [1.82, 2.24) is 4.98 Å².